The minimum atomic E-state index is -0.487. The van der Waals surface area contributed by atoms with Gasteiger partial charge < -0.3 is 15.0 Å². The highest BCUT2D eigenvalue weighted by Crippen LogP contribution is 2.20. The second-order valence-electron chi connectivity index (χ2n) is 7.80. The van der Waals surface area contributed by atoms with Gasteiger partial charge in [-0.25, -0.2) is 4.79 Å². The Balaban J connectivity index is 1.75. The van der Waals surface area contributed by atoms with Gasteiger partial charge in [0.1, 0.15) is 5.60 Å². The van der Waals surface area contributed by atoms with Crippen LogP contribution in [-0.2, 0) is 9.53 Å². The van der Waals surface area contributed by atoms with Crippen LogP contribution >= 0.6 is 0 Å². The molecule has 0 bridgehead atoms. The van der Waals surface area contributed by atoms with Crippen LogP contribution in [0.15, 0.2) is 30.3 Å². The van der Waals surface area contributed by atoms with Crippen LogP contribution in [-0.4, -0.2) is 42.1 Å². The third-order valence-electron chi connectivity index (χ3n) is 4.47. The van der Waals surface area contributed by atoms with E-state index in [1.54, 1.807) is 4.90 Å². The van der Waals surface area contributed by atoms with Gasteiger partial charge in [-0.3, -0.25) is 4.79 Å². The molecule has 5 nitrogen and oxygen atoms in total. The molecule has 0 saturated carbocycles. The minimum Gasteiger partial charge on any atom is -0.444 e. The molecular weight excluding hydrogens is 316 g/mol. The number of ether oxygens (including phenoxy) is 1. The molecule has 2 amide bonds. The molecule has 1 aliphatic rings. The van der Waals surface area contributed by atoms with Crippen molar-refractivity contribution in [1.29, 1.82) is 0 Å². The quantitative estimate of drug-likeness (QED) is 0.907. The summed E-state index contributed by atoms with van der Waals surface area (Å²) >= 11 is 0. The molecule has 1 atom stereocenters. The Hall–Kier alpha value is -2.04. The third-order valence-corrected chi connectivity index (χ3v) is 4.47. The zero-order chi connectivity index (χ0) is 18.4. The number of carbonyl (C=O) groups excluding carboxylic acids is 2. The molecule has 138 valence electrons. The summed E-state index contributed by atoms with van der Waals surface area (Å²) in [6, 6.07) is 10.2. The maximum absolute atomic E-state index is 12.4. The zero-order valence-corrected chi connectivity index (χ0v) is 15.7. The Morgan fingerprint density at radius 3 is 2.36 bits per heavy atom. The molecule has 25 heavy (non-hydrogen) atoms. The maximum Gasteiger partial charge on any atom is 0.410 e. The lowest BCUT2D eigenvalue weighted by Crippen LogP contribution is -2.45. The van der Waals surface area contributed by atoms with Crippen molar-refractivity contribution in [3.8, 4) is 0 Å². The fraction of sp³-hybridized carbons (Fsp3) is 0.600. The molecule has 1 aromatic carbocycles. The van der Waals surface area contributed by atoms with Crippen molar-refractivity contribution < 1.29 is 14.3 Å². The van der Waals surface area contributed by atoms with Gasteiger partial charge in [0.2, 0.25) is 5.91 Å². The molecular formula is C20H30N2O3. The fourth-order valence-electron chi connectivity index (χ4n) is 2.95. The van der Waals surface area contributed by atoms with E-state index in [1.165, 1.54) is 5.56 Å². The highest BCUT2D eigenvalue weighted by atomic mass is 16.6. The summed E-state index contributed by atoms with van der Waals surface area (Å²) in [6.45, 7) is 9.47. The number of amides is 2. The summed E-state index contributed by atoms with van der Waals surface area (Å²) in [5.74, 6) is 0.347. The van der Waals surface area contributed by atoms with Crippen molar-refractivity contribution in [2.45, 2.75) is 52.1 Å². The van der Waals surface area contributed by atoms with Crippen molar-refractivity contribution in [3.05, 3.63) is 35.9 Å². The zero-order valence-electron chi connectivity index (χ0n) is 15.7. The molecule has 1 saturated heterocycles. The van der Waals surface area contributed by atoms with Crippen molar-refractivity contribution in [3.63, 3.8) is 0 Å². The van der Waals surface area contributed by atoms with Crippen LogP contribution in [0.1, 0.15) is 52.0 Å². The summed E-state index contributed by atoms with van der Waals surface area (Å²) in [7, 11) is 0. The van der Waals surface area contributed by atoms with Gasteiger partial charge in [0.25, 0.3) is 0 Å². The molecule has 1 aromatic rings. The van der Waals surface area contributed by atoms with Crippen molar-refractivity contribution >= 4 is 12.0 Å². The lowest BCUT2D eigenvalue weighted by atomic mass is 9.95. The number of nitrogens with one attached hydrogen (secondary N) is 1. The molecule has 0 aromatic heterocycles. The largest absolute Gasteiger partial charge is 0.444 e. The first-order chi connectivity index (χ1) is 11.8. The topological polar surface area (TPSA) is 58.6 Å². The molecule has 0 aliphatic carbocycles. The Kier molecular flexibility index (Phi) is 6.45. The fourth-order valence-corrected chi connectivity index (χ4v) is 2.95. The first kappa shape index (κ1) is 19.3. The predicted molar refractivity (Wildman–Crippen MR) is 98.4 cm³/mol. The van der Waals surface area contributed by atoms with E-state index in [-0.39, 0.29) is 23.8 Å². The number of rotatable bonds is 4. The van der Waals surface area contributed by atoms with Crippen LogP contribution in [0.5, 0.6) is 0 Å². The maximum atomic E-state index is 12.4. The van der Waals surface area contributed by atoms with E-state index in [0.29, 0.717) is 32.5 Å². The normalized spacial score (nSPS) is 17.0. The molecule has 0 radical (unpaired) electrons. The van der Waals surface area contributed by atoms with Crippen molar-refractivity contribution in [2.24, 2.45) is 5.92 Å². The molecule has 0 unspecified atom stereocenters. The Morgan fingerprint density at radius 2 is 1.80 bits per heavy atom. The number of nitrogens with zero attached hydrogens (tertiary/aromatic N) is 1. The molecule has 1 fully saturated rings. The van der Waals surface area contributed by atoms with E-state index in [2.05, 4.69) is 24.4 Å². The smallest absolute Gasteiger partial charge is 0.410 e. The SMILES string of the molecule is C[C@@H](CNC(=O)C1CCN(C(=O)OC(C)(C)C)CC1)c1ccccc1. The second kappa shape index (κ2) is 8.37. The van der Waals surface area contributed by atoms with Crippen LogP contribution in [0.3, 0.4) is 0 Å². The van der Waals surface area contributed by atoms with Gasteiger partial charge in [-0.2, -0.15) is 0 Å². The summed E-state index contributed by atoms with van der Waals surface area (Å²) in [4.78, 5) is 26.2. The average molecular weight is 346 g/mol. The molecule has 0 spiro atoms. The van der Waals surface area contributed by atoms with Gasteiger partial charge in [0, 0.05) is 25.6 Å². The number of hydrogen-bond donors (Lipinski definition) is 1. The lowest BCUT2D eigenvalue weighted by Gasteiger charge is -2.33. The van der Waals surface area contributed by atoms with E-state index < -0.39 is 5.60 Å². The second-order valence-corrected chi connectivity index (χ2v) is 7.80. The minimum absolute atomic E-state index is 0.0262. The van der Waals surface area contributed by atoms with Gasteiger partial charge in [0.05, 0.1) is 0 Å². The summed E-state index contributed by atoms with van der Waals surface area (Å²) < 4.78 is 5.39. The molecule has 1 aliphatic heterocycles. The van der Waals surface area contributed by atoms with Gasteiger partial charge in [-0.15, -0.1) is 0 Å². The molecule has 1 heterocycles. The highest BCUT2D eigenvalue weighted by molar-refractivity contribution is 5.79. The Labute approximate surface area is 150 Å². The summed E-state index contributed by atoms with van der Waals surface area (Å²) in [6.07, 6.45) is 1.08. The number of hydrogen-bond acceptors (Lipinski definition) is 3. The van der Waals surface area contributed by atoms with Gasteiger partial charge >= 0.3 is 6.09 Å². The number of piperidine rings is 1. The molecule has 1 N–H and O–H groups in total. The van der Waals surface area contributed by atoms with Crippen LogP contribution in [0, 0.1) is 5.92 Å². The number of carbonyl (C=O) groups is 2. The van der Waals surface area contributed by atoms with Crippen LogP contribution < -0.4 is 5.32 Å². The highest BCUT2D eigenvalue weighted by Gasteiger charge is 2.29. The Bertz CT molecular complexity index is 572. The first-order valence-corrected chi connectivity index (χ1v) is 9.07. The molecule has 5 heteroatoms. The van der Waals surface area contributed by atoms with Crippen LogP contribution in [0.4, 0.5) is 4.79 Å². The lowest BCUT2D eigenvalue weighted by molar-refractivity contribution is -0.126. The number of benzene rings is 1. The first-order valence-electron chi connectivity index (χ1n) is 9.07. The predicted octanol–water partition coefficient (Wildman–Crippen LogP) is 3.55. The van der Waals surface area contributed by atoms with Gasteiger partial charge in [-0.05, 0) is 45.1 Å². The van der Waals surface area contributed by atoms with E-state index in [9.17, 15) is 9.59 Å². The number of likely N-dealkylation sites (tertiary alicyclic amines) is 1. The molecule has 2 rings (SSSR count). The van der Waals surface area contributed by atoms with E-state index in [0.717, 1.165) is 0 Å². The van der Waals surface area contributed by atoms with Crippen molar-refractivity contribution in [1.82, 2.24) is 10.2 Å². The third kappa shape index (κ3) is 6.07. The van der Waals surface area contributed by atoms with E-state index in [4.69, 9.17) is 4.74 Å². The van der Waals surface area contributed by atoms with Gasteiger partial charge in [-0.1, -0.05) is 37.3 Å². The van der Waals surface area contributed by atoms with E-state index in [1.807, 2.05) is 39.0 Å². The van der Waals surface area contributed by atoms with Crippen molar-refractivity contribution in [2.75, 3.05) is 19.6 Å². The standard InChI is InChI=1S/C20H30N2O3/c1-15(16-8-6-5-7-9-16)14-21-18(23)17-10-12-22(13-11-17)19(24)25-20(2,3)4/h5-9,15,17H,10-14H2,1-4H3,(H,21,23)/t15-/m0/s1. The Morgan fingerprint density at radius 1 is 1.20 bits per heavy atom. The summed E-state index contributed by atoms with van der Waals surface area (Å²) in [5.41, 5.74) is 0.737. The monoisotopic (exact) mass is 346 g/mol. The van der Waals surface area contributed by atoms with Crippen LogP contribution in [0.2, 0.25) is 0 Å². The van der Waals surface area contributed by atoms with E-state index >= 15 is 0 Å². The average Bonchev–Trinajstić information content (AvgIpc) is 2.58. The summed E-state index contributed by atoms with van der Waals surface area (Å²) in [5, 5.41) is 3.06. The van der Waals surface area contributed by atoms with Gasteiger partial charge in [0.15, 0.2) is 0 Å². The van der Waals surface area contributed by atoms with Crippen LogP contribution in [0.25, 0.3) is 0 Å².